The van der Waals surface area contributed by atoms with E-state index in [0.29, 0.717) is 10.6 Å². The Bertz CT molecular complexity index is 972. The van der Waals surface area contributed by atoms with Crippen LogP contribution < -0.4 is 0 Å². The molecule has 1 unspecified atom stereocenters. The average molecular weight is 356 g/mol. The van der Waals surface area contributed by atoms with Crippen molar-refractivity contribution in [3.63, 3.8) is 0 Å². The van der Waals surface area contributed by atoms with E-state index in [2.05, 4.69) is 45.7 Å². The molecular weight excluding hydrogens is 334 g/mol. The molecule has 0 aromatic carbocycles. The summed E-state index contributed by atoms with van der Waals surface area (Å²) in [7, 11) is 2.22. The molecule has 2 aliphatic rings. The first kappa shape index (κ1) is 15.4. The van der Waals surface area contributed by atoms with Crippen molar-refractivity contribution < 1.29 is 0 Å². The number of H-pyrrole nitrogens is 1. The number of hydrogen-bond donors (Lipinski definition) is 1. The van der Waals surface area contributed by atoms with E-state index in [4.69, 9.17) is 16.7 Å². The van der Waals surface area contributed by atoms with Gasteiger partial charge in [-0.05, 0) is 50.6 Å². The normalized spacial score (nSPS) is 23.2. The summed E-state index contributed by atoms with van der Waals surface area (Å²) in [6, 6.07) is 4.46. The first-order valence-electron chi connectivity index (χ1n) is 9.03. The molecule has 0 bridgehead atoms. The average Bonchev–Trinajstić information content (AvgIpc) is 3.32. The van der Waals surface area contributed by atoms with Crippen LogP contribution in [-0.2, 0) is 18.4 Å². The van der Waals surface area contributed by atoms with Gasteiger partial charge in [0, 0.05) is 41.3 Å². The molecule has 1 saturated heterocycles. The number of halogens is 1. The van der Waals surface area contributed by atoms with Gasteiger partial charge in [0.2, 0.25) is 0 Å². The van der Waals surface area contributed by atoms with E-state index in [9.17, 15) is 0 Å². The lowest BCUT2D eigenvalue weighted by molar-refractivity contribution is 0.366. The zero-order valence-electron chi connectivity index (χ0n) is 14.6. The predicted molar refractivity (Wildman–Crippen MR) is 100 cm³/mol. The van der Waals surface area contributed by atoms with E-state index in [0.717, 1.165) is 47.4 Å². The van der Waals surface area contributed by atoms with Crippen molar-refractivity contribution in [2.75, 3.05) is 20.1 Å². The van der Waals surface area contributed by atoms with Gasteiger partial charge in [-0.3, -0.25) is 4.68 Å². The van der Waals surface area contributed by atoms with E-state index in [1.807, 2.05) is 6.20 Å². The summed E-state index contributed by atoms with van der Waals surface area (Å²) in [6.07, 6.45) is 5.24. The lowest BCUT2D eigenvalue weighted by Crippen LogP contribution is -2.26. The first-order chi connectivity index (χ1) is 12.1. The minimum Gasteiger partial charge on any atom is -0.330 e. The zero-order chi connectivity index (χ0) is 17.2. The topological polar surface area (TPSA) is 49.7 Å². The minimum absolute atomic E-state index is 0.295. The Kier molecular flexibility index (Phi) is 3.28. The lowest BCUT2D eigenvalue weighted by atomic mass is 9.82. The number of nitrogens with zero attached hydrogens (tertiary/aromatic N) is 4. The molecule has 1 spiro atoms. The Morgan fingerprint density at radius 3 is 2.88 bits per heavy atom. The van der Waals surface area contributed by atoms with Crippen LogP contribution in [0.15, 0.2) is 18.3 Å². The molecule has 0 amide bonds. The van der Waals surface area contributed by atoms with Crippen molar-refractivity contribution in [1.82, 2.24) is 24.6 Å². The number of pyridine rings is 1. The van der Waals surface area contributed by atoms with Crippen LogP contribution in [0.4, 0.5) is 0 Å². The van der Waals surface area contributed by atoms with Crippen LogP contribution in [0, 0.1) is 0 Å². The second-order valence-electron chi connectivity index (χ2n) is 7.55. The van der Waals surface area contributed by atoms with Gasteiger partial charge in [0.25, 0.3) is 0 Å². The molecule has 6 heteroatoms. The van der Waals surface area contributed by atoms with E-state index < -0.39 is 0 Å². The van der Waals surface area contributed by atoms with Crippen molar-refractivity contribution >= 4 is 22.6 Å². The number of hydrogen-bond acceptors (Lipinski definition) is 3. The molecule has 5 nitrogen and oxygen atoms in total. The molecule has 0 aliphatic carbocycles. The Labute approximate surface area is 152 Å². The van der Waals surface area contributed by atoms with Crippen molar-refractivity contribution in [2.24, 2.45) is 0 Å². The second kappa shape index (κ2) is 5.32. The molecule has 25 heavy (non-hydrogen) atoms. The predicted octanol–water partition coefficient (Wildman–Crippen LogP) is 3.62. The smallest absolute Gasteiger partial charge is 0.138 e. The molecule has 3 aromatic heterocycles. The number of rotatable bonds is 2. The van der Waals surface area contributed by atoms with Gasteiger partial charge < -0.3 is 9.88 Å². The molecule has 1 N–H and O–H groups in total. The highest BCUT2D eigenvalue weighted by atomic mass is 35.5. The SMILES string of the molecule is CCc1c(Cl)[nH]c2ncc(-c3cc4n(n3)CCC43CCN(C)C3)cc12. The molecule has 130 valence electrons. The Hall–Kier alpha value is -1.85. The highest BCUT2D eigenvalue weighted by molar-refractivity contribution is 6.31. The summed E-state index contributed by atoms with van der Waals surface area (Å²) in [5.41, 5.74) is 5.77. The molecule has 5 rings (SSSR count). The largest absolute Gasteiger partial charge is 0.330 e. The van der Waals surface area contributed by atoms with Gasteiger partial charge in [0.05, 0.1) is 5.69 Å². The molecule has 0 radical (unpaired) electrons. The Morgan fingerprint density at radius 1 is 1.28 bits per heavy atom. The third kappa shape index (κ3) is 2.19. The van der Waals surface area contributed by atoms with Crippen LogP contribution in [0.1, 0.15) is 31.0 Å². The fourth-order valence-electron chi connectivity index (χ4n) is 4.67. The fourth-order valence-corrected chi connectivity index (χ4v) is 5.00. The monoisotopic (exact) mass is 355 g/mol. The van der Waals surface area contributed by atoms with E-state index in [1.54, 1.807) is 0 Å². The molecule has 1 atom stereocenters. The number of aromatic amines is 1. The lowest BCUT2D eigenvalue weighted by Gasteiger charge is -2.21. The third-order valence-electron chi connectivity index (χ3n) is 6.03. The third-order valence-corrected chi connectivity index (χ3v) is 6.35. The van der Waals surface area contributed by atoms with Gasteiger partial charge in [-0.25, -0.2) is 4.98 Å². The molecule has 2 aliphatic heterocycles. The van der Waals surface area contributed by atoms with Crippen molar-refractivity contribution in [3.8, 4) is 11.3 Å². The summed E-state index contributed by atoms with van der Waals surface area (Å²) >= 11 is 6.30. The van der Waals surface area contributed by atoms with Crippen LogP contribution in [-0.4, -0.2) is 44.8 Å². The van der Waals surface area contributed by atoms with Gasteiger partial charge in [-0.2, -0.15) is 5.10 Å². The number of aromatic nitrogens is 4. The number of nitrogens with one attached hydrogen (secondary N) is 1. The molecule has 0 saturated carbocycles. The zero-order valence-corrected chi connectivity index (χ0v) is 15.4. The summed E-state index contributed by atoms with van der Waals surface area (Å²) in [4.78, 5) is 10.2. The maximum Gasteiger partial charge on any atom is 0.138 e. The van der Waals surface area contributed by atoms with Gasteiger partial charge in [-0.1, -0.05) is 18.5 Å². The number of likely N-dealkylation sites (tertiary alicyclic amines) is 1. The van der Waals surface area contributed by atoms with E-state index in [1.165, 1.54) is 25.1 Å². The van der Waals surface area contributed by atoms with E-state index in [-0.39, 0.29) is 0 Å². The van der Waals surface area contributed by atoms with Gasteiger partial charge >= 0.3 is 0 Å². The Morgan fingerprint density at radius 2 is 2.12 bits per heavy atom. The highest BCUT2D eigenvalue weighted by Gasteiger charge is 2.44. The molecule has 5 heterocycles. The molecular formula is C19H22ClN5. The van der Waals surface area contributed by atoms with Crippen LogP contribution in [0.3, 0.4) is 0 Å². The highest BCUT2D eigenvalue weighted by Crippen LogP contribution is 2.43. The van der Waals surface area contributed by atoms with Crippen molar-refractivity contribution in [1.29, 1.82) is 0 Å². The second-order valence-corrected chi connectivity index (χ2v) is 7.93. The summed E-state index contributed by atoms with van der Waals surface area (Å²) in [5, 5.41) is 6.69. The number of fused-ring (bicyclic) bond motifs is 3. The van der Waals surface area contributed by atoms with Crippen LogP contribution in [0.2, 0.25) is 5.15 Å². The van der Waals surface area contributed by atoms with E-state index >= 15 is 0 Å². The van der Waals surface area contributed by atoms with Gasteiger partial charge in [-0.15, -0.1) is 0 Å². The maximum absolute atomic E-state index is 6.30. The first-order valence-corrected chi connectivity index (χ1v) is 9.41. The van der Waals surface area contributed by atoms with Crippen molar-refractivity contribution in [2.45, 2.75) is 38.1 Å². The van der Waals surface area contributed by atoms with Crippen LogP contribution in [0.25, 0.3) is 22.3 Å². The maximum atomic E-state index is 6.30. The summed E-state index contributed by atoms with van der Waals surface area (Å²) in [5.74, 6) is 0. The Balaban J connectivity index is 1.59. The standard InChI is InChI=1S/C19H22ClN5/c1-3-13-14-8-12(10-21-18(14)22-17(13)20)15-9-16-19(4-6-24(2)11-19)5-7-25(16)23-15/h8-10H,3-7,11H2,1-2H3,(H,21,22). The minimum atomic E-state index is 0.295. The summed E-state index contributed by atoms with van der Waals surface area (Å²) in [6.45, 7) is 5.46. The van der Waals surface area contributed by atoms with Crippen LogP contribution in [0.5, 0.6) is 0 Å². The van der Waals surface area contributed by atoms with Gasteiger partial charge in [0.15, 0.2) is 0 Å². The fraction of sp³-hybridized carbons (Fsp3) is 0.474. The van der Waals surface area contributed by atoms with Gasteiger partial charge in [0.1, 0.15) is 10.8 Å². The van der Waals surface area contributed by atoms with Crippen LogP contribution >= 0.6 is 11.6 Å². The molecule has 1 fully saturated rings. The summed E-state index contributed by atoms with van der Waals surface area (Å²) < 4.78 is 2.21. The number of aryl methyl sites for hydroxylation is 2. The quantitative estimate of drug-likeness (QED) is 0.763. The van der Waals surface area contributed by atoms with Crippen molar-refractivity contribution in [3.05, 3.63) is 34.7 Å². The molecule has 3 aromatic rings. The number of likely N-dealkylation sites (N-methyl/N-ethyl adjacent to an activating group) is 1.